The topological polar surface area (TPSA) is 166 Å². The molecule has 3 rings (SSSR count). The van der Waals surface area contributed by atoms with Crippen molar-refractivity contribution in [3.63, 3.8) is 0 Å². The Labute approximate surface area is 204 Å². The van der Waals surface area contributed by atoms with Crippen LogP contribution in [0.25, 0.3) is 10.8 Å². The number of amides is 1. The number of carboxylic acids is 2. The van der Waals surface area contributed by atoms with Crippen molar-refractivity contribution in [1.82, 2.24) is 4.98 Å². The molecule has 0 unspecified atom stereocenters. The normalized spacial score (nSPS) is 10.8. The summed E-state index contributed by atoms with van der Waals surface area (Å²) in [6.45, 7) is 1.90. The second-order valence-corrected chi connectivity index (χ2v) is 6.92. The zero-order chi connectivity index (χ0) is 28.6. The fourth-order valence-corrected chi connectivity index (χ4v) is 2.35. The molecule has 2 aromatic carbocycles. The summed E-state index contributed by atoms with van der Waals surface area (Å²) in [5.41, 5.74) is 7.62. The SMILES string of the molecule is Cc1cccnc1NC(=O)c1ccc2cc(C(=N)N)ccc2c1.O=C(O)C(F)(F)F.O=C(O)C(F)(F)F. The Morgan fingerprint density at radius 2 is 1.30 bits per heavy atom. The number of alkyl halides is 6. The van der Waals surface area contributed by atoms with Crippen molar-refractivity contribution in [2.45, 2.75) is 19.3 Å². The van der Waals surface area contributed by atoms with Crippen LogP contribution in [-0.4, -0.2) is 51.2 Å². The molecule has 0 aliphatic heterocycles. The minimum absolute atomic E-state index is 0.0272. The Balaban J connectivity index is 0.000000404. The lowest BCUT2D eigenvalue weighted by molar-refractivity contribution is -0.193. The van der Waals surface area contributed by atoms with E-state index in [9.17, 15) is 31.1 Å². The van der Waals surface area contributed by atoms with Crippen LogP contribution in [0.1, 0.15) is 21.5 Å². The number of carbonyl (C=O) groups excluding carboxylic acids is 1. The van der Waals surface area contributed by atoms with Crippen molar-refractivity contribution in [2.75, 3.05) is 5.32 Å². The van der Waals surface area contributed by atoms with Crippen LogP contribution in [0.15, 0.2) is 54.7 Å². The maximum absolute atomic E-state index is 12.4. The molecule has 37 heavy (non-hydrogen) atoms. The molecular weight excluding hydrogens is 514 g/mol. The van der Waals surface area contributed by atoms with Crippen molar-refractivity contribution in [3.05, 3.63) is 71.4 Å². The van der Waals surface area contributed by atoms with Gasteiger partial charge in [0, 0.05) is 17.3 Å². The van der Waals surface area contributed by atoms with Gasteiger partial charge in [-0.1, -0.05) is 24.3 Å². The van der Waals surface area contributed by atoms with Gasteiger partial charge in [0.2, 0.25) is 0 Å². The Morgan fingerprint density at radius 1 is 0.865 bits per heavy atom. The van der Waals surface area contributed by atoms with Gasteiger partial charge in [-0.05, 0) is 47.5 Å². The molecule has 0 radical (unpaired) electrons. The number of carbonyl (C=O) groups is 3. The van der Waals surface area contributed by atoms with Gasteiger partial charge in [-0.3, -0.25) is 10.2 Å². The number of nitrogens with one attached hydrogen (secondary N) is 2. The number of benzene rings is 2. The smallest absolute Gasteiger partial charge is 0.475 e. The Hall–Kier alpha value is -4.69. The molecule has 15 heteroatoms. The first-order chi connectivity index (χ1) is 16.9. The van der Waals surface area contributed by atoms with E-state index in [0.29, 0.717) is 16.9 Å². The van der Waals surface area contributed by atoms with E-state index in [-0.39, 0.29) is 11.7 Å². The van der Waals surface area contributed by atoms with Crippen molar-refractivity contribution in [3.8, 4) is 0 Å². The number of halogens is 6. The van der Waals surface area contributed by atoms with Crippen LogP contribution >= 0.6 is 0 Å². The van der Waals surface area contributed by atoms with Crippen LogP contribution in [0.3, 0.4) is 0 Å². The van der Waals surface area contributed by atoms with Gasteiger partial charge in [-0.2, -0.15) is 26.3 Å². The summed E-state index contributed by atoms with van der Waals surface area (Å²) in [4.78, 5) is 34.3. The zero-order valence-corrected chi connectivity index (χ0v) is 18.6. The third-order valence-electron chi connectivity index (χ3n) is 4.14. The van der Waals surface area contributed by atoms with E-state index in [2.05, 4.69) is 10.3 Å². The van der Waals surface area contributed by atoms with Crippen LogP contribution in [-0.2, 0) is 9.59 Å². The van der Waals surface area contributed by atoms with E-state index in [0.717, 1.165) is 16.3 Å². The lowest BCUT2D eigenvalue weighted by Crippen LogP contribution is -2.21. The standard InChI is InChI=1S/C18H16N4O.2C2HF3O2/c1-11-3-2-8-21-17(11)22-18(23)15-7-5-12-9-14(16(19)20)6-4-13(12)10-15;2*3-2(4,5)1(6)7/h2-10H,1H3,(H3,19,20)(H,21,22,23);2*(H,6,7). The highest BCUT2D eigenvalue weighted by molar-refractivity contribution is 6.07. The number of hydrogen-bond acceptors (Lipinski definition) is 5. The lowest BCUT2D eigenvalue weighted by Gasteiger charge is -2.08. The van der Waals surface area contributed by atoms with Crippen molar-refractivity contribution >= 4 is 40.3 Å². The number of fused-ring (bicyclic) bond motifs is 1. The average Bonchev–Trinajstić information content (AvgIpc) is 2.79. The molecule has 1 amide bonds. The highest BCUT2D eigenvalue weighted by Crippen LogP contribution is 2.19. The number of nitrogens with two attached hydrogens (primary N) is 1. The number of aryl methyl sites for hydroxylation is 1. The van der Waals surface area contributed by atoms with E-state index in [1.165, 1.54) is 0 Å². The van der Waals surface area contributed by atoms with E-state index in [1.54, 1.807) is 18.3 Å². The predicted molar refractivity (Wildman–Crippen MR) is 119 cm³/mol. The highest BCUT2D eigenvalue weighted by Gasteiger charge is 2.38. The number of aromatic nitrogens is 1. The number of anilines is 1. The number of nitrogen functional groups attached to an aromatic ring is 1. The first-order valence-corrected chi connectivity index (χ1v) is 9.65. The molecule has 0 atom stereocenters. The van der Waals surface area contributed by atoms with Crippen LogP contribution in [0, 0.1) is 12.3 Å². The molecule has 0 aliphatic rings. The molecule has 1 aromatic heterocycles. The molecule has 6 N–H and O–H groups in total. The minimum atomic E-state index is -5.08. The quantitative estimate of drug-likeness (QED) is 0.190. The second-order valence-electron chi connectivity index (χ2n) is 6.92. The maximum Gasteiger partial charge on any atom is 0.490 e. The largest absolute Gasteiger partial charge is 0.490 e. The van der Waals surface area contributed by atoms with Gasteiger partial charge in [0.1, 0.15) is 11.7 Å². The molecule has 198 valence electrons. The Kier molecular flexibility index (Phi) is 10.1. The summed E-state index contributed by atoms with van der Waals surface area (Å²) in [6, 6.07) is 14.6. The first-order valence-electron chi connectivity index (χ1n) is 9.65. The minimum Gasteiger partial charge on any atom is -0.475 e. The summed E-state index contributed by atoms with van der Waals surface area (Å²) in [6.07, 6.45) is -8.52. The monoisotopic (exact) mass is 532 g/mol. The molecule has 3 aromatic rings. The zero-order valence-electron chi connectivity index (χ0n) is 18.6. The molecule has 0 saturated carbocycles. The fraction of sp³-hybridized carbons (Fsp3) is 0.136. The summed E-state index contributed by atoms with van der Waals surface area (Å²) >= 11 is 0. The predicted octanol–water partition coefficient (Wildman–Crippen LogP) is 4.35. The Bertz CT molecular complexity index is 1280. The molecule has 1 heterocycles. The van der Waals surface area contributed by atoms with Crippen LogP contribution in [0.2, 0.25) is 0 Å². The van der Waals surface area contributed by atoms with Crippen LogP contribution in [0.5, 0.6) is 0 Å². The van der Waals surface area contributed by atoms with E-state index in [1.807, 2.05) is 43.3 Å². The van der Waals surface area contributed by atoms with Gasteiger partial charge in [0.05, 0.1) is 0 Å². The third-order valence-corrected chi connectivity index (χ3v) is 4.14. The van der Waals surface area contributed by atoms with E-state index < -0.39 is 24.3 Å². The number of nitrogens with zero attached hydrogens (tertiary/aromatic N) is 1. The molecule has 0 saturated heterocycles. The molecule has 0 aliphatic carbocycles. The van der Waals surface area contributed by atoms with Crippen molar-refractivity contribution < 1.29 is 50.9 Å². The number of hydrogen-bond donors (Lipinski definition) is 5. The fourth-order valence-electron chi connectivity index (χ4n) is 2.35. The number of rotatable bonds is 3. The van der Waals surface area contributed by atoms with Gasteiger partial charge < -0.3 is 21.3 Å². The first kappa shape index (κ1) is 30.3. The number of amidine groups is 1. The van der Waals surface area contributed by atoms with Crippen LogP contribution < -0.4 is 11.1 Å². The van der Waals surface area contributed by atoms with Crippen molar-refractivity contribution in [2.24, 2.45) is 5.73 Å². The van der Waals surface area contributed by atoms with Crippen LogP contribution in [0.4, 0.5) is 32.2 Å². The average molecular weight is 532 g/mol. The molecule has 0 fully saturated rings. The summed E-state index contributed by atoms with van der Waals surface area (Å²) in [7, 11) is 0. The van der Waals surface area contributed by atoms with Gasteiger partial charge in [-0.15, -0.1) is 0 Å². The summed E-state index contributed by atoms with van der Waals surface area (Å²) < 4.78 is 63.5. The second kappa shape index (κ2) is 12.3. The Morgan fingerprint density at radius 3 is 1.70 bits per heavy atom. The third kappa shape index (κ3) is 9.83. The van der Waals surface area contributed by atoms with Crippen molar-refractivity contribution in [1.29, 1.82) is 5.41 Å². The molecule has 9 nitrogen and oxygen atoms in total. The number of pyridine rings is 1. The molecule has 0 spiro atoms. The van der Waals surface area contributed by atoms with Gasteiger partial charge in [0.15, 0.2) is 0 Å². The highest BCUT2D eigenvalue weighted by atomic mass is 19.4. The maximum atomic E-state index is 12.4. The lowest BCUT2D eigenvalue weighted by atomic mass is 10.0. The number of aliphatic carboxylic acids is 2. The number of carboxylic acid groups (broad SMARTS) is 2. The molecular formula is C22H18F6N4O5. The molecule has 0 bridgehead atoms. The van der Waals surface area contributed by atoms with Gasteiger partial charge >= 0.3 is 24.3 Å². The van der Waals surface area contributed by atoms with Gasteiger partial charge in [0.25, 0.3) is 5.91 Å². The van der Waals surface area contributed by atoms with Gasteiger partial charge in [-0.25, -0.2) is 14.6 Å². The van der Waals surface area contributed by atoms with E-state index >= 15 is 0 Å². The summed E-state index contributed by atoms with van der Waals surface area (Å²) in [5, 5.41) is 26.4. The summed E-state index contributed by atoms with van der Waals surface area (Å²) in [5.74, 6) is -5.13. The van der Waals surface area contributed by atoms with E-state index in [4.69, 9.17) is 30.9 Å².